The summed E-state index contributed by atoms with van der Waals surface area (Å²) in [5, 5.41) is 10.0. The second kappa shape index (κ2) is 7.23. The minimum atomic E-state index is -0.592. The number of hydrogen-bond acceptors (Lipinski definition) is 3. The minimum Gasteiger partial charge on any atom is -0.481 e. The highest BCUT2D eigenvalue weighted by atomic mass is 16.4. The Morgan fingerprint density at radius 1 is 1.27 bits per heavy atom. The van der Waals surface area contributed by atoms with E-state index in [1.807, 2.05) is 18.6 Å². The lowest BCUT2D eigenvalue weighted by Crippen LogP contribution is -2.42. The summed E-state index contributed by atoms with van der Waals surface area (Å²) in [4.78, 5) is 18.6. The summed E-state index contributed by atoms with van der Waals surface area (Å²) in [6, 6.07) is 10.6. The molecule has 5 nitrogen and oxygen atoms in total. The molecule has 1 aromatic carbocycles. The lowest BCUT2D eigenvalue weighted by atomic mass is 9.64. The molecule has 2 fully saturated rings. The van der Waals surface area contributed by atoms with Crippen LogP contribution in [-0.2, 0) is 11.3 Å². The molecular weight excluding hydrogens is 326 g/mol. The minimum absolute atomic E-state index is 0.257. The van der Waals surface area contributed by atoms with Crippen molar-refractivity contribution in [2.24, 2.45) is 11.3 Å². The maximum atomic E-state index is 12.2. The number of aliphatic carboxylic acids is 1. The predicted molar refractivity (Wildman–Crippen MR) is 99.9 cm³/mol. The number of imidazole rings is 1. The molecule has 0 unspecified atom stereocenters. The predicted octanol–water partition coefficient (Wildman–Crippen LogP) is 3.24. The van der Waals surface area contributed by atoms with Gasteiger partial charge in [-0.05, 0) is 49.6 Å². The average Bonchev–Trinajstić information content (AvgIpc) is 3.29. The summed E-state index contributed by atoms with van der Waals surface area (Å²) < 4.78 is 2.08. The van der Waals surface area contributed by atoms with Crippen LogP contribution in [0.3, 0.4) is 0 Å². The van der Waals surface area contributed by atoms with Crippen LogP contribution in [0.5, 0.6) is 0 Å². The molecule has 1 saturated heterocycles. The summed E-state index contributed by atoms with van der Waals surface area (Å²) in [5.41, 5.74) is 0.824. The van der Waals surface area contributed by atoms with Crippen LogP contribution in [0.25, 0.3) is 0 Å². The fourth-order valence-electron chi connectivity index (χ4n) is 5.00. The molecule has 1 aliphatic heterocycles. The molecule has 0 spiro atoms. The number of benzene rings is 1. The Morgan fingerprint density at radius 3 is 2.85 bits per heavy atom. The third kappa shape index (κ3) is 3.28. The average molecular weight is 353 g/mol. The number of carboxylic acids is 1. The van der Waals surface area contributed by atoms with Crippen molar-refractivity contribution < 1.29 is 9.90 Å². The number of carboxylic acid groups (broad SMARTS) is 1. The largest absolute Gasteiger partial charge is 0.481 e. The van der Waals surface area contributed by atoms with E-state index in [1.165, 1.54) is 5.56 Å². The number of aryl methyl sites for hydroxylation is 1. The molecule has 138 valence electrons. The van der Waals surface area contributed by atoms with E-state index in [2.05, 4.69) is 38.7 Å². The van der Waals surface area contributed by atoms with E-state index >= 15 is 0 Å². The van der Waals surface area contributed by atoms with E-state index in [0.29, 0.717) is 12.5 Å². The van der Waals surface area contributed by atoms with Crippen LogP contribution in [0.4, 0.5) is 0 Å². The van der Waals surface area contributed by atoms with Crippen molar-refractivity contribution in [3.63, 3.8) is 0 Å². The quantitative estimate of drug-likeness (QED) is 0.866. The van der Waals surface area contributed by atoms with Crippen LogP contribution in [0.1, 0.15) is 37.2 Å². The maximum Gasteiger partial charge on any atom is 0.311 e. The third-order valence-corrected chi connectivity index (χ3v) is 6.42. The highest BCUT2D eigenvalue weighted by Crippen LogP contribution is 2.51. The number of likely N-dealkylation sites (tertiary alicyclic amines) is 1. The molecule has 2 heterocycles. The Labute approximate surface area is 154 Å². The molecule has 4 rings (SSSR count). The summed E-state index contributed by atoms with van der Waals surface area (Å²) in [7, 11) is 0. The van der Waals surface area contributed by atoms with Gasteiger partial charge in [0.15, 0.2) is 0 Å². The van der Waals surface area contributed by atoms with E-state index in [9.17, 15) is 9.90 Å². The first-order chi connectivity index (χ1) is 12.7. The van der Waals surface area contributed by atoms with Crippen molar-refractivity contribution in [3.8, 4) is 0 Å². The van der Waals surface area contributed by atoms with Gasteiger partial charge in [0.05, 0.1) is 11.7 Å². The fraction of sp³-hybridized carbons (Fsp3) is 0.524. The molecular formula is C21H27N3O2. The molecule has 2 aliphatic rings. The molecule has 1 saturated carbocycles. The summed E-state index contributed by atoms with van der Waals surface area (Å²) in [6.07, 6.45) is 9.42. The van der Waals surface area contributed by atoms with E-state index in [0.717, 1.165) is 45.3 Å². The number of carbonyl (C=O) groups is 1. The Hall–Kier alpha value is -2.14. The molecule has 1 aliphatic carbocycles. The topological polar surface area (TPSA) is 58.4 Å². The van der Waals surface area contributed by atoms with Crippen molar-refractivity contribution in [2.45, 2.75) is 38.1 Å². The zero-order chi connectivity index (χ0) is 18.0. The van der Waals surface area contributed by atoms with Gasteiger partial charge in [-0.25, -0.2) is 4.98 Å². The molecule has 5 heteroatoms. The molecule has 1 aromatic heterocycles. The maximum absolute atomic E-state index is 12.2. The molecule has 0 amide bonds. The number of rotatable bonds is 6. The van der Waals surface area contributed by atoms with Gasteiger partial charge in [-0.1, -0.05) is 30.3 Å². The van der Waals surface area contributed by atoms with Crippen LogP contribution < -0.4 is 0 Å². The van der Waals surface area contributed by atoms with Gasteiger partial charge in [0.2, 0.25) is 0 Å². The zero-order valence-corrected chi connectivity index (χ0v) is 15.1. The number of aromatic nitrogens is 2. The van der Waals surface area contributed by atoms with Gasteiger partial charge in [-0.15, -0.1) is 0 Å². The van der Waals surface area contributed by atoms with Gasteiger partial charge in [-0.2, -0.15) is 0 Å². The Morgan fingerprint density at radius 2 is 2.12 bits per heavy atom. The van der Waals surface area contributed by atoms with Crippen LogP contribution in [0, 0.1) is 11.3 Å². The van der Waals surface area contributed by atoms with Gasteiger partial charge < -0.3 is 14.6 Å². The Balaban J connectivity index is 1.41. The smallest absolute Gasteiger partial charge is 0.311 e. The lowest BCUT2D eigenvalue weighted by Gasteiger charge is -2.38. The second-order valence-corrected chi connectivity index (χ2v) is 7.93. The monoisotopic (exact) mass is 353 g/mol. The normalized spacial score (nSPS) is 28.8. The van der Waals surface area contributed by atoms with Gasteiger partial charge in [-0.3, -0.25) is 4.79 Å². The second-order valence-electron chi connectivity index (χ2n) is 7.93. The summed E-state index contributed by atoms with van der Waals surface area (Å²) >= 11 is 0. The van der Waals surface area contributed by atoms with E-state index in [-0.39, 0.29) is 5.92 Å². The van der Waals surface area contributed by atoms with Crippen molar-refractivity contribution in [1.29, 1.82) is 0 Å². The van der Waals surface area contributed by atoms with E-state index in [1.54, 1.807) is 6.20 Å². The fourth-order valence-corrected chi connectivity index (χ4v) is 5.00. The van der Waals surface area contributed by atoms with Crippen LogP contribution in [0.15, 0.2) is 49.1 Å². The van der Waals surface area contributed by atoms with Crippen LogP contribution >= 0.6 is 0 Å². The van der Waals surface area contributed by atoms with Gasteiger partial charge in [0.25, 0.3) is 0 Å². The first-order valence-electron chi connectivity index (χ1n) is 9.64. The van der Waals surface area contributed by atoms with Crippen LogP contribution in [-0.4, -0.2) is 45.2 Å². The molecule has 3 atom stereocenters. The molecule has 2 aromatic rings. The SMILES string of the molecule is O=C(O)[C@@]12CC[C@@H](c3ccccc3)C[C@@H]1CN(CCCn1ccnc1)C2. The van der Waals surface area contributed by atoms with E-state index in [4.69, 9.17) is 0 Å². The van der Waals surface area contributed by atoms with E-state index < -0.39 is 11.4 Å². The van der Waals surface area contributed by atoms with Crippen molar-refractivity contribution in [2.75, 3.05) is 19.6 Å². The Bertz CT molecular complexity index is 731. The number of nitrogens with zero attached hydrogens (tertiary/aromatic N) is 3. The molecule has 26 heavy (non-hydrogen) atoms. The number of fused-ring (bicyclic) bond motifs is 1. The molecule has 1 N–H and O–H groups in total. The highest BCUT2D eigenvalue weighted by Gasteiger charge is 2.54. The zero-order valence-electron chi connectivity index (χ0n) is 15.1. The van der Waals surface area contributed by atoms with Crippen molar-refractivity contribution in [1.82, 2.24) is 14.5 Å². The van der Waals surface area contributed by atoms with Crippen molar-refractivity contribution >= 4 is 5.97 Å². The summed E-state index contributed by atoms with van der Waals surface area (Å²) in [6.45, 7) is 3.52. The highest BCUT2D eigenvalue weighted by molar-refractivity contribution is 5.76. The first-order valence-corrected chi connectivity index (χ1v) is 9.64. The van der Waals surface area contributed by atoms with Crippen molar-refractivity contribution in [3.05, 3.63) is 54.6 Å². The van der Waals surface area contributed by atoms with Gasteiger partial charge in [0, 0.05) is 32.0 Å². The first kappa shape index (κ1) is 17.3. The van der Waals surface area contributed by atoms with Crippen LogP contribution in [0.2, 0.25) is 0 Å². The lowest BCUT2D eigenvalue weighted by molar-refractivity contribution is -0.152. The summed E-state index contributed by atoms with van der Waals surface area (Å²) in [5.74, 6) is 0.165. The number of hydrogen-bond donors (Lipinski definition) is 1. The molecule has 0 bridgehead atoms. The molecule has 0 radical (unpaired) electrons. The third-order valence-electron chi connectivity index (χ3n) is 6.42. The standard InChI is InChI=1S/C21H27N3O2/c25-20(26)21-8-7-18(17-5-2-1-3-6-17)13-19(21)14-24(15-21)11-4-10-23-12-9-22-16-23/h1-3,5-6,9,12,16,18-19H,4,7-8,10-11,13-15H2,(H,25,26)/t18-,19-,21-/m1/s1. The van der Waals surface area contributed by atoms with Gasteiger partial charge in [0.1, 0.15) is 0 Å². The van der Waals surface area contributed by atoms with Gasteiger partial charge >= 0.3 is 5.97 Å². The Kier molecular flexibility index (Phi) is 4.81.